The molecular formula is C17H14BrO2PS. The topological polar surface area (TPSA) is 37.3 Å². The zero-order valence-corrected chi connectivity index (χ0v) is 14.9. The second-order valence-corrected chi connectivity index (χ2v) is 9.57. The molecule has 0 fully saturated rings. The Morgan fingerprint density at radius 2 is 1.45 bits per heavy atom. The average molecular weight is 393 g/mol. The van der Waals surface area contributed by atoms with Gasteiger partial charge < -0.3 is 9.67 Å². The van der Waals surface area contributed by atoms with Gasteiger partial charge in [0.25, 0.3) is 0 Å². The van der Waals surface area contributed by atoms with Gasteiger partial charge in [-0.3, -0.25) is 0 Å². The molecule has 1 N–H and O–H groups in total. The molecule has 0 aliphatic heterocycles. The molecule has 0 saturated carbocycles. The lowest BCUT2D eigenvalue weighted by Gasteiger charge is -2.24. The molecule has 0 bridgehead atoms. The summed E-state index contributed by atoms with van der Waals surface area (Å²) < 4.78 is 14.8. The molecule has 2 aromatic carbocycles. The molecule has 0 spiro atoms. The van der Waals surface area contributed by atoms with Crippen LogP contribution in [0.3, 0.4) is 0 Å². The summed E-state index contributed by atoms with van der Waals surface area (Å²) in [5, 5.41) is 14.1. The second-order valence-electron chi connectivity index (χ2n) is 4.87. The van der Waals surface area contributed by atoms with E-state index in [9.17, 15) is 9.67 Å². The van der Waals surface area contributed by atoms with Gasteiger partial charge in [0.1, 0.15) is 5.85 Å². The van der Waals surface area contributed by atoms with Crippen LogP contribution in [0, 0.1) is 0 Å². The van der Waals surface area contributed by atoms with Crippen LogP contribution in [0.25, 0.3) is 0 Å². The molecule has 1 atom stereocenters. The summed E-state index contributed by atoms with van der Waals surface area (Å²) in [5.41, 5.74) is 0. The highest BCUT2D eigenvalue weighted by Gasteiger charge is 2.37. The van der Waals surface area contributed by atoms with Gasteiger partial charge in [-0.2, -0.15) is 0 Å². The van der Waals surface area contributed by atoms with Crippen LogP contribution in [0.1, 0.15) is 10.7 Å². The van der Waals surface area contributed by atoms with Crippen molar-refractivity contribution in [2.75, 3.05) is 0 Å². The summed E-state index contributed by atoms with van der Waals surface area (Å²) in [6.45, 7) is 0. The fourth-order valence-corrected chi connectivity index (χ4v) is 6.84. The van der Waals surface area contributed by atoms with Crippen LogP contribution in [-0.2, 0) is 4.57 Å². The van der Waals surface area contributed by atoms with E-state index in [2.05, 4.69) is 15.9 Å². The first-order valence-corrected chi connectivity index (χ1v) is 10.2. The van der Waals surface area contributed by atoms with Gasteiger partial charge in [-0.05, 0) is 22.0 Å². The van der Waals surface area contributed by atoms with Crippen molar-refractivity contribution in [1.82, 2.24) is 0 Å². The van der Waals surface area contributed by atoms with Crippen molar-refractivity contribution in [2.24, 2.45) is 0 Å². The Morgan fingerprint density at radius 3 is 1.86 bits per heavy atom. The molecule has 0 radical (unpaired) electrons. The van der Waals surface area contributed by atoms with Gasteiger partial charge in [-0.25, -0.2) is 0 Å². The maximum absolute atomic E-state index is 13.9. The van der Waals surface area contributed by atoms with Crippen molar-refractivity contribution in [3.05, 3.63) is 81.5 Å². The SMILES string of the molecule is O=P(c1ccccc1)(c1ccccc1)C(O)c1cc(Br)cs1. The number of benzene rings is 2. The first-order valence-electron chi connectivity index (χ1n) is 6.75. The summed E-state index contributed by atoms with van der Waals surface area (Å²) in [6, 6.07) is 20.3. The maximum atomic E-state index is 13.9. The van der Waals surface area contributed by atoms with Gasteiger partial charge in [-0.1, -0.05) is 60.7 Å². The molecular weight excluding hydrogens is 379 g/mol. The lowest BCUT2D eigenvalue weighted by atomic mass is 10.4. The summed E-state index contributed by atoms with van der Waals surface area (Å²) >= 11 is 4.79. The number of halogens is 1. The van der Waals surface area contributed by atoms with Crippen molar-refractivity contribution >= 4 is 45.0 Å². The van der Waals surface area contributed by atoms with Crippen LogP contribution in [0.15, 0.2) is 76.6 Å². The minimum absolute atomic E-state index is 0.665. The van der Waals surface area contributed by atoms with Gasteiger partial charge in [0.15, 0.2) is 7.14 Å². The highest BCUT2D eigenvalue weighted by atomic mass is 79.9. The molecule has 3 rings (SSSR count). The zero-order valence-electron chi connectivity index (χ0n) is 11.6. The number of aliphatic hydroxyl groups excluding tert-OH is 1. The van der Waals surface area contributed by atoms with Crippen LogP contribution >= 0.6 is 34.4 Å². The molecule has 0 aliphatic rings. The van der Waals surface area contributed by atoms with Gasteiger partial charge in [-0.15, -0.1) is 11.3 Å². The molecule has 1 unspecified atom stereocenters. The van der Waals surface area contributed by atoms with Gasteiger partial charge >= 0.3 is 0 Å². The highest BCUT2D eigenvalue weighted by Crippen LogP contribution is 2.56. The molecule has 0 amide bonds. The highest BCUT2D eigenvalue weighted by molar-refractivity contribution is 9.10. The molecule has 3 aromatic rings. The minimum Gasteiger partial charge on any atom is -0.379 e. The lowest BCUT2D eigenvalue weighted by Crippen LogP contribution is -2.20. The summed E-state index contributed by atoms with van der Waals surface area (Å²) in [4.78, 5) is 0.697. The summed E-state index contributed by atoms with van der Waals surface area (Å²) in [7, 11) is -3.18. The maximum Gasteiger partial charge on any atom is 0.175 e. The number of thiophene rings is 1. The van der Waals surface area contributed by atoms with Gasteiger partial charge in [0.05, 0.1) is 0 Å². The molecule has 112 valence electrons. The van der Waals surface area contributed by atoms with Crippen molar-refractivity contribution in [1.29, 1.82) is 0 Å². The van der Waals surface area contributed by atoms with Gasteiger partial charge in [0.2, 0.25) is 0 Å². The standard InChI is InChI=1S/C17H14BrO2PS/c18-13-11-16(22-12-13)17(19)21(20,14-7-3-1-4-8-14)15-9-5-2-6-10-15/h1-12,17,19H. The van der Waals surface area contributed by atoms with E-state index < -0.39 is 13.0 Å². The van der Waals surface area contributed by atoms with Crippen molar-refractivity contribution in [3.63, 3.8) is 0 Å². The Kier molecular flexibility index (Phi) is 4.65. The first kappa shape index (κ1) is 15.7. The third-order valence-electron chi connectivity index (χ3n) is 3.47. The second kappa shape index (κ2) is 6.51. The van der Waals surface area contributed by atoms with Crippen LogP contribution in [0.2, 0.25) is 0 Å². The van der Waals surface area contributed by atoms with Crippen LogP contribution in [0.5, 0.6) is 0 Å². The predicted molar refractivity (Wildman–Crippen MR) is 96.7 cm³/mol. The molecule has 1 heterocycles. The van der Waals surface area contributed by atoms with Gasteiger partial charge in [0, 0.05) is 25.3 Å². The third kappa shape index (κ3) is 2.84. The monoisotopic (exact) mass is 392 g/mol. The molecule has 5 heteroatoms. The van der Waals surface area contributed by atoms with E-state index in [1.807, 2.05) is 72.1 Å². The van der Waals surface area contributed by atoms with Crippen molar-refractivity contribution in [2.45, 2.75) is 5.85 Å². The first-order chi connectivity index (χ1) is 10.6. The summed E-state index contributed by atoms with van der Waals surface area (Å²) in [5.74, 6) is -1.05. The fraction of sp³-hybridized carbons (Fsp3) is 0.0588. The quantitative estimate of drug-likeness (QED) is 0.662. The van der Waals surface area contributed by atoms with Crippen molar-refractivity contribution in [3.8, 4) is 0 Å². The van der Waals surface area contributed by atoms with E-state index in [0.29, 0.717) is 15.5 Å². The Bertz CT molecular complexity index is 758. The minimum atomic E-state index is -3.18. The van der Waals surface area contributed by atoms with Crippen LogP contribution < -0.4 is 10.6 Å². The normalized spacial score (nSPS) is 13.0. The lowest BCUT2D eigenvalue weighted by molar-refractivity contribution is 0.260. The van der Waals surface area contributed by atoms with E-state index in [4.69, 9.17) is 0 Å². The van der Waals surface area contributed by atoms with E-state index in [1.54, 1.807) is 0 Å². The molecule has 2 nitrogen and oxygen atoms in total. The van der Waals surface area contributed by atoms with E-state index in [0.717, 1.165) is 4.47 Å². The number of hydrogen-bond donors (Lipinski definition) is 1. The van der Waals surface area contributed by atoms with E-state index in [1.165, 1.54) is 11.3 Å². The van der Waals surface area contributed by atoms with Crippen LogP contribution in [0.4, 0.5) is 0 Å². The molecule has 0 saturated heterocycles. The van der Waals surface area contributed by atoms with Crippen LogP contribution in [-0.4, -0.2) is 5.11 Å². The Morgan fingerprint density at radius 1 is 0.955 bits per heavy atom. The average Bonchev–Trinajstić information content (AvgIpc) is 3.01. The Hall–Kier alpha value is -1.19. The Balaban J connectivity index is 2.18. The third-order valence-corrected chi connectivity index (χ3v) is 8.48. The molecule has 22 heavy (non-hydrogen) atoms. The number of hydrogen-bond acceptors (Lipinski definition) is 3. The zero-order chi connectivity index (χ0) is 15.6. The number of aliphatic hydroxyl groups is 1. The van der Waals surface area contributed by atoms with E-state index in [-0.39, 0.29) is 0 Å². The molecule has 0 aliphatic carbocycles. The van der Waals surface area contributed by atoms with E-state index >= 15 is 0 Å². The van der Waals surface area contributed by atoms with Crippen molar-refractivity contribution < 1.29 is 9.67 Å². The summed E-state index contributed by atoms with van der Waals surface area (Å²) in [6.07, 6.45) is 0. The fourth-order valence-electron chi connectivity index (χ4n) is 2.37. The number of rotatable bonds is 4. The largest absolute Gasteiger partial charge is 0.379 e. The Labute approximate surface area is 142 Å². The predicted octanol–water partition coefficient (Wildman–Crippen LogP) is 4.52. The molecule has 1 aromatic heterocycles. The smallest absolute Gasteiger partial charge is 0.175 e.